The first-order valence-electron chi connectivity index (χ1n) is 9.89. The van der Waals surface area contributed by atoms with Crippen molar-refractivity contribution in [3.8, 4) is 0 Å². The SMILES string of the molecule is CC(C)(C(=O)NC1(C=O)C2CC3CC(C2)CC1C3)c1ccc(C(F)(F)F)cn1. The van der Waals surface area contributed by atoms with Gasteiger partial charge < -0.3 is 10.1 Å². The summed E-state index contributed by atoms with van der Waals surface area (Å²) in [6.45, 7) is 3.26. The van der Waals surface area contributed by atoms with E-state index in [2.05, 4.69) is 10.3 Å². The number of amides is 1. The molecule has 4 saturated carbocycles. The molecule has 0 aromatic carbocycles. The van der Waals surface area contributed by atoms with E-state index in [1.165, 1.54) is 12.5 Å². The molecule has 0 radical (unpaired) electrons. The third-order valence-electron chi connectivity index (χ3n) is 7.31. The average molecular weight is 394 g/mol. The molecule has 1 amide bonds. The third kappa shape index (κ3) is 2.94. The van der Waals surface area contributed by atoms with Gasteiger partial charge in [0.05, 0.1) is 16.7 Å². The quantitative estimate of drug-likeness (QED) is 0.789. The number of alkyl halides is 3. The number of pyridine rings is 1. The van der Waals surface area contributed by atoms with Crippen molar-refractivity contribution in [2.45, 2.75) is 63.1 Å². The van der Waals surface area contributed by atoms with Gasteiger partial charge in [-0.25, -0.2) is 0 Å². The van der Waals surface area contributed by atoms with Crippen molar-refractivity contribution < 1.29 is 22.8 Å². The maximum Gasteiger partial charge on any atom is 0.417 e. The van der Waals surface area contributed by atoms with Gasteiger partial charge in [-0.05, 0) is 81.8 Å². The fraction of sp³-hybridized carbons (Fsp3) is 0.667. The van der Waals surface area contributed by atoms with E-state index in [4.69, 9.17) is 0 Å². The Labute approximate surface area is 162 Å². The molecule has 0 atom stereocenters. The monoisotopic (exact) mass is 394 g/mol. The lowest BCUT2D eigenvalue weighted by atomic mass is 9.49. The Morgan fingerprint density at radius 1 is 1.11 bits per heavy atom. The molecule has 0 unspecified atom stereocenters. The van der Waals surface area contributed by atoms with E-state index < -0.39 is 22.7 Å². The van der Waals surface area contributed by atoms with Crippen LogP contribution in [0.5, 0.6) is 0 Å². The number of carbonyl (C=O) groups excluding carboxylic acids is 2. The first-order valence-corrected chi connectivity index (χ1v) is 9.89. The Balaban J connectivity index is 1.57. The fourth-order valence-electron chi connectivity index (χ4n) is 5.79. The van der Waals surface area contributed by atoms with E-state index in [0.717, 1.165) is 44.2 Å². The minimum Gasteiger partial charge on any atom is -0.343 e. The maximum atomic E-state index is 13.2. The molecular weight excluding hydrogens is 369 g/mol. The number of hydrogen-bond acceptors (Lipinski definition) is 3. The van der Waals surface area contributed by atoms with Crippen LogP contribution in [-0.4, -0.2) is 22.7 Å². The molecule has 4 bridgehead atoms. The molecule has 0 saturated heterocycles. The number of carbonyl (C=O) groups is 2. The summed E-state index contributed by atoms with van der Waals surface area (Å²) in [6, 6.07) is 2.18. The summed E-state index contributed by atoms with van der Waals surface area (Å²) in [5.74, 6) is 1.25. The summed E-state index contributed by atoms with van der Waals surface area (Å²) in [5, 5.41) is 3.04. The minimum absolute atomic E-state index is 0.154. The average Bonchev–Trinajstić information content (AvgIpc) is 2.63. The second kappa shape index (κ2) is 6.29. The predicted molar refractivity (Wildman–Crippen MR) is 96.2 cm³/mol. The number of nitrogens with zero attached hydrogens (tertiary/aromatic N) is 1. The summed E-state index contributed by atoms with van der Waals surface area (Å²) in [5.41, 5.74) is -2.59. The van der Waals surface area contributed by atoms with Gasteiger partial charge >= 0.3 is 6.18 Å². The second-order valence-electron chi connectivity index (χ2n) is 9.36. The van der Waals surface area contributed by atoms with Crippen LogP contribution >= 0.6 is 0 Å². The van der Waals surface area contributed by atoms with Crippen molar-refractivity contribution >= 4 is 12.2 Å². The van der Waals surface area contributed by atoms with Gasteiger partial charge in [0.25, 0.3) is 0 Å². The molecule has 1 aromatic rings. The van der Waals surface area contributed by atoms with Crippen LogP contribution in [0.15, 0.2) is 18.3 Å². The largest absolute Gasteiger partial charge is 0.417 e. The van der Waals surface area contributed by atoms with E-state index in [1.807, 2.05) is 0 Å². The first kappa shape index (κ1) is 19.4. The number of rotatable bonds is 4. The van der Waals surface area contributed by atoms with Crippen molar-refractivity contribution in [2.24, 2.45) is 23.7 Å². The number of aldehydes is 1. The standard InChI is InChI=1S/C21H25F3N2O2/c1-19(2,17-4-3-14(10-25-17)21(22,23)24)18(28)26-20(11-27)15-6-12-5-13(8-15)9-16(20)7-12/h3-4,10-13,15-16H,5-9H2,1-2H3,(H,26,28). The van der Waals surface area contributed by atoms with Gasteiger partial charge in [0, 0.05) is 6.20 Å². The van der Waals surface area contributed by atoms with Crippen molar-refractivity contribution in [2.75, 3.05) is 0 Å². The Bertz CT molecular complexity index is 758. The van der Waals surface area contributed by atoms with Crippen LogP contribution in [0.1, 0.15) is 57.2 Å². The molecule has 7 heteroatoms. The summed E-state index contributed by atoms with van der Waals surface area (Å²) in [4.78, 5) is 29.3. The van der Waals surface area contributed by atoms with Gasteiger partial charge in [-0.3, -0.25) is 9.78 Å². The molecule has 1 heterocycles. The van der Waals surface area contributed by atoms with Gasteiger partial charge in [-0.2, -0.15) is 13.2 Å². The predicted octanol–water partition coefficient (Wildman–Crippen LogP) is 3.89. The Hall–Kier alpha value is -1.92. The minimum atomic E-state index is -4.47. The van der Waals surface area contributed by atoms with Gasteiger partial charge in [-0.1, -0.05) is 0 Å². The molecule has 4 aliphatic carbocycles. The van der Waals surface area contributed by atoms with Crippen molar-refractivity contribution in [1.29, 1.82) is 0 Å². The summed E-state index contributed by atoms with van der Waals surface area (Å²) in [7, 11) is 0. The Morgan fingerprint density at radius 3 is 2.11 bits per heavy atom. The summed E-state index contributed by atoms with van der Waals surface area (Å²) >= 11 is 0. The van der Waals surface area contributed by atoms with Crippen LogP contribution in [0, 0.1) is 23.7 Å². The number of hydrogen-bond donors (Lipinski definition) is 1. The molecule has 0 aliphatic heterocycles. The smallest absolute Gasteiger partial charge is 0.343 e. The summed E-state index contributed by atoms with van der Waals surface area (Å²) in [6.07, 6.45) is 2.29. The lowest BCUT2D eigenvalue weighted by molar-refractivity contribution is -0.144. The molecule has 4 aliphatic rings. The topological polar surface area (TPSA) is 59.1 Å². The highest BCUT2D eigenvalue weighted by Crippen LogP contribution is 2.57. The van der Waals surface area contributed by atoms with Crippen LogP contribution in [0.3, 0.4) is 0 Å². The Kier molecular flexibility index (Phi) is 4.36. The zero-order chi connectivity index (χ0) is 20.3. The highest BCUT2D eigenvalue weighted by molar-refractivity contribution is 5.90. The van der Waals surface area contributed by atoms with Crippen molar-refractivity contribution in [3.63, 3.8) is 0 Å². The lowest BCUT2D eigenvalue weighted by Gasteiger charge is -2.59. The van der Waals surface area contributed by atoms with Crippen LogP contribution in [-0.2, 0) is 21.2 Å². The zero-order valence-corrected chi connectivity index (χ0v) is 16.1. The molecule has 0 spiro atoms. The maximum absolute atomic E-state index is 13.2. The normalized spacial score (nSPS) is 34.3. The van der Waals surface area contributed by atoms with E-state index >= 15 is 0 Å². The molecular formula is C21H25F3N2O2. The van der Waals surface area contributed by atoms with Crippen LogP contribution in [0.4, 0.5) is 13.2 Å². The number of nitrogens with one attached hydrogen (secondary N) is 1. The van der Waals surface area contributed by atoms with Crippen LogP contribution < -0.4 is 5.32 Å². The van der Waals surface area contributed by atoms with E-state index in [-0.39, 0.29) is 23.4 Å². The van der Waals surface area contributed by atoms with Crippen LogP contribution in [0.2, 0.25) is 0 Å². The number of halogens is 3. The molecule has 1 N–H and O–H groups in total. The van der Waals surface area contributed by atoms with Gasteiger partial charge in [0.15, 0.2) is 0 Å². The van der Waals surface area contributed by atoms with Crippen molar-refractivity contribution in [1.82, 2.24) is 10.3 Å². The number of aromatic nitrogens is 1. The molecule has 1 aromatic heterocycles. The molecule has 152 valence electrons. The summed E-state index contributed by atoms with van der Waals surface area (Å²) < 4.78 is 38.4. The van der Waals surface area contributed by atoms with Crippen LogP contribution in [0.25, 0.3) is 0 Å². The van der Waals surface area contributed by atoms with Crippen molar-refractivity contribution in [3.05, 3.63) is 29.6 Å². The van der Waals surface area contributed by atoms with E-state index in [0.29, 0.717) is 11.8 Å². The first-order chi connectivity index (χ1) is 13.1. The molecule has 28 heavy (non-hydrogen) atoms. The molecule has 4 fully saturated rings. The van der Waals surface area contributed by atoms with Gasteiger partial charge in [0.1, 0.15) is 11.8 Å². The van der Waals surface area contributed by atoms with Gasteiger partial charge in [-0.15, -0.1) is 0 Å². The Morgan fingerprint density at radius 2 is 1.68 bits per heavy atom. The zero-order valence-electron chi connectivity index (χ0n) is 16.1. The molecule has 4 nitrogen and oxygen atoms in total. The van der Waals surface area contributed by atoms with E-state index in [9.17, 15) is 22.8 Å². The highest BCUT2D eigenvalue weighted by atomic mass is 19.4. The molecule has 5 rings (SSSR count). The highest BCUT2D eigenvalue weighted by Gasteiger charge is 2.58. The fourth-order valence-corrected chi connectivity index (χ4v) is 5.79. The van der Waals surface area contributed by atoms with Gasteiger partial charge in [0.2, 0.25) is 5.91 Å². The second-order valence-corrected chi connectivity index (χ2v) is 9.36. The third-order valence-corrected chi connectivity index (χ3v) is 7.31. The lowest BCUT2D eigenvalue weighted by Crippen LogP contribution is -2.68. The van der Waals surface area contributed by atoms with E-state index in [1.54, 1.807) is 13.8 Å².